The summed E-state index contributed by atoms with van der Waals surface area (Å²) in [7, 11) is 0. The third-order valence-corrected chi connectivity index (χ3v) is 4.60. The van der Waals surface area contributed by atoms with Gasteiger partial charge >= 0.3 is 0 Å². The van der Waals surface area contributed by atoms with E-state index in [1.807, 2.05) is 19.1 Å². The van der Waals surface area contributed by atoms with E-state index in [4.69, 9.17) is 4.74 Å². The van der Waals surface area contributed by atoms with Gasteiger partial charge in [0.1, 0.15) is 5.82 Å². The summed E-state index contributed by atoms with van der Waals surface area (Å²) in [6, 6.07) is 9.78. The second kappa shape index (κ2) is 7.19. The first-order valence-corrected chi connectivity index (χ1v) is 8.86. The van der Waals surface area contributed by atoms with E-state index >= 15 is 0 Å². The van der Waals surface area contributed by atoms with Gasteiger partial charge in [-0.3, -0.25) is 9.89 Å². The number of fused-ring (bicyclic) bond motifs is 1. The molecule has 0 radical (unpaired) electrons. The molecule has 0 spiro atoms. The fourth-order valence-electron chi connectivity index (χ4n) is 3.25. The van der Waals surface area contributed by atoms with Gasteiger partial charge in [0.05, 0.1) is 29.8 Å². The molecule has 0 aliphatic carbocycles. The van der Waals surface area contributed by atoms with E-state index < -0.39 is 0 Å². The number of aromatic amines is 1. The number of halogens is 1. The summed E-state index contributed by atoms with van der Waals surface area (Å²) < 4.78 is 18.6. The smallest absolute Gasteiger partial charge is 0.258 e. The number of rotatable bonds is 4. The fourth-order valence-corrected chi connectivity index (χ4v) is 3.25. The summed E-state index contributed by atoms with van der Waals surface area (Å²) in [5.74, 6) is 0.185. The molecule has 1 amide bonds. The highest BCUT2D eigenvalue weighted by molar-refractivity contribution is 5.99. The number of carbonyl (C=O) groups excluding carboxylic acids is 1. The molecule has 7 heteroatoms. The molecule has 3 aromatic rings. The van der Waals surface area contributed by atoms with Gasteiger partial charge in [0.2, 0.25) is 5.88 Å². The van der Waals surface area contributed by atoms with Crippen molar-refractivity contribution < 1.29 is 13.9 Å². The van der Waals surface area contributed by atoms with Gasteiger partial charge in [-0.05, 0) is 36.8 Å². The minimum absolute atomic E-state index is 0.109. The molecule has 0 saturated heterocycles. The minimum atomic E-state index is -0.322. The van der Waals surface area contributed by atoms with E-state index in [-0.39, 0.29) is 11.7 Å². The molecule has 1 N–H and O–H groups in total. The predicted octanol–water partition coefficient (Wildman–Crippen LogP) is 3.21. The monoisotopic (exact) mass is 366 g/mol. The lowest BCUT2D eigenvalue weighted by Gasteiger charge is -2.28. The summed E-state index contributed by atoms with van der Waals surface area (Å²) in [6.07, 6.45) is 2.19. The highest BCUT2D eigenvalue weighted by Crippen LogP contribution is 2.26. The number of aromatic nitrogens is 3. The van der Waals surface area contributed by atoms with Crippen molar-refractivity contribution in [2.75, 3.05) is 13.2 Å². The molecule has 0 atom stereocenters. The molecule has 1 aromatic carbocycles. The van der Waals surface area contributed by atoms with E-state index in [0.29, 0.717) is 43.3 Å². The molecule has 2 aromatic heterocycles. The van der Waals surface area contributed by atoms with Gasteiger partial charge in [-0.15, -0.1) is 0 Å². The molecule has 6 nitrogen and oxygen atoms in total. The number of nitrogens with zero attached hydrogens (tertiary/aromatic N) is 3. The van der Waals surface area contributed by atoms with Crippen LogP contribution in [0.5, 0.6) is 5.88 Å². The lowest BCUT2D eigenvalue weighted by atomic mass is 10.0. The highest BCUT2D eigenvalue weighted by atomic mass is 19.1. The van der Waals surface area contributed by atoms with Gasteiger partial charge in [0, 0.05) is 31.1 Å². The summed E-state index contributed by atoms with van der Waals surface area (Å²) >= 11 is 0. The van der Waals surface area contributed by atoms with Crippen LogP contribution in [0, 0.1) is 5.82 Å². The topological polar surface area (TPSA) is 71.1 Å². The van der Waals surface area contributed by atoms with Crippen LogP contribution in [0.25, 0.3) is 11.3 Å². The maximum Gasteiger partial charge on any atom is 0.258 e. The van der Waals surface area contributed by atoms with Crippen LogP contribution in [0.1, 0.15) is 28.5 Å². The first-order chi connectivity index (χ1) is 13.2. The Kier molecular flexibility index (Phi) is 4.58. The number of hydrogen-bond acceptors (Lipinski definition) is 4. The average Bonchev–Trinajstić information content (AvgIpc) is 3.17. The van der Waals surface area contributed by atoms with Crippen molar-refractivity contribution in [3.05, 3.63) is 65.2 Å². The SMILES string of the molecule is CCOc1ccc2c(n1)CCN(C(=O)c1cn[nH]c1-c1ccc(F)cc1)C2. The Labute approximate surface area is 156 Å². The van der Waals surface area contributed by atoms with Crippen LogP contribution in [0.2, 0.25) is 0 Å². The van der Waals surface area contributed by atoms with E-state index in [1.165, 1.54) is 18.3 Å². The van der Waals surface area contributed by atoms with Crippen LogP contribution in [0.3, 0.4) is 0 Å². The summed E-state index contributed by atoms with van der Waals surface area (Å²) in [5.41, 5.74) is 3.78. The van der Waals surface area contributed by atoms with Crippen molar-refractivity contribution in [3.8, 4) is 17.1 Å². The van der Waals surface area contributed by atoms with Gasteiger partial charge < -0.3 is 9.64 Å². The minimum Gasteiger partial charge on any atom is -0.478 e. The lowest BCUT2D eigenvalue weighted by Crippen LogP contribution is -2.36. The fraction of sp³-hybridized carbons (Fsp3) is 0.250. The quantitative estimate of drug-likeness (QED) is 0.770. The Hall–Kier alpha value is -3.22. The third kappa shape index (κ3) is 3.40. The number of H-pyrrole nitrogens is 1. The van der Waals surface area contributed by atoms with Crippen LogP contribution < -0.4 is 4.74 Å². The number of amides is 1. The van der Waals surface area contributed by atoms with Gasteiger partial charge in [0.15, 0.2) is 0 Å². The average molecular weight is 366 g/mol. The van der Waals surface area contributed by atoms with Gasteiger partial charge in [0.25, 0.3) is 5.91 Å². The van der Waals surface area contributed by atoms with Crippen molar-refractivity contribution in [2.24, 2.45) is 0 Å². The molecular weight excluding hydrogens is 347 g/mol. The first-order valence-electron chi connectivity index (χ1n) is 8.86. The molecule has 0 saturated carbocycles. The van der Waals surface area contributed by atoms with Crippen LogP contribution in [-0.4, -0.2) is 39.1 Å². The molecule has 27 heavy (non-hydrogen) atoms. The van der Waals surface area contributed by atoms with Crippen LogP contribution in [0.4, 0.5) is 4.39 Å². The summed E-state index contributed by atoms with van der Waals surface area (Å²) in [6.45, 7) is 3.55. The zero-order valence-corrected chi connectivity index (χ0v) is 14.9. The number of carbonyl (C=O) groups is 1. The van der Waals surface area contributed by atoms with Gasteiger partial charge in [-0.25, -0.2) is 9.37 Å². The van der Waals surface area contributed by atoms with Crippen molar-refractivity contribution in [3.63, 3.8) is 0 Å². The molecule has 0 fully saturated rings. The first kappa shape index (κ1) is 17.2. The lowest BCUT2D eigenvalue weighted by molar-refractivity contribution is 0.0734. The van der Waals surface area contributed by atoms with Crippen molar-refractivity contribution in [2.45, 2.75) is 19.9 Å². The van der Waals surface area contributed by atoms with Gasteiger partial charge in [-0.2, -0.15) is 5.10 Å². The Bertz CT molecular complexity index is 968. The third-order valence-electron chi connectivity index (χ3n) is 4.60. The predicted molar refractivity (Wildman–Crippen MR) is 97.8 cm³/mol. The molecule has 1 aliphatic heterocycles. The van der Waals surface area contributed by atoms with Gasteiger partial charge in [-0.1, -0.05) is 6.07 Å². The standard InChI is InChI=1S/C20H19FN4O2/c1-2-27-18-8-5-14-12-25(10-9-17(14)23-18)20(26)16-11-22-24-19(16)13-3-6-15(21)7-4-13/h3-8,11H,2,9-10,12H2,1H3,(H,22,24). The second-order valence-electron chi connectivity index (χ2n) is 6.33. The zero-order valence-electron chi connectivity index (χ0n) is 14.9. The largest absolute Gasteiger partial charge is 0.478 e. The Morgan fingerprint density at radius 1 is 1.26 bits per heavy atom. The summed E-state index contributed by atoms with van der Waals surface area (Å²) in [5, 5.41) is 6.87. The van der Waals surface area contributed by atoms with E-state index in [9.17, 15) is 9.18 Å². The van der Waals surface area contributed by atoms with Crippen LogP contribution >= 0.6 is 0 Å². The molecule has 1 aliphatic rings. The molecule has 4 rings (SSSR count). The van der Waals surface area contributed by atoms with Crippen LogP contribution in [0.15, 0.2) is 42.6 Å². The maximum atomic E-state index is 13.2. The number of nitrogens with one attached hydrogen (secondary N) is 1. The number of benzene rings is 1. The van der Waals surface area contributed by atoms with Crippen LogP contribution in [-0.2, 0) is 13.0 Å². The normalized spacial score (nSPS) is 13.3. The van der Waals surface area contributed by atoms with Crippen molar-refractivity contribution >= 4 is 5.91 Å². The second-order valence-corrected chi connectivity index (χ2v) is 6.33. The number of pyridine rings is 1. The zero-order chi connectivity index (χ0) is 18.8. The van der Waals surface area contributed by atoms with Crippen molar-refractivity contribution in [1.29, 1.82) is 0 Å². The summed E-state index contributed by atoms with van der Waals surface area (Å²) in [4.78, 5) is 19.3. The molecule has 3 heterocycles. The Morgan fingerprint density at radius 3 is 2.85 bits per heavy atom. The van der Waals surface area contributed by atoms with Crippen molar-refractivity contribution in [1.82, 2.24) is 20.1 Å². The number of ether oxygens (including phenoxy) is 1. The molecular formula is C20H19FN4O2. The number of hydrogen-bond donors (Lipinski definition) is 1. The molecule has 138 valence electrons. The highest BCUT2D eigenvalue weighted by Gasteiger charge is 2.26. The van der Waals surface area contributed by atoms with E-state index in [2.05, 4.69) is 15.2 Å². The van der Waals surface area contributed by atoms with E-state index in [1.54, 1.807) is 17.0 Å². The molecule has 0 bridgehead atoms. The Balaban J connectivity index is 1.56. The maximum absolute atomic E-state index is 13.2. The Morgan fingerprint density at radius 2 is 2.07 bits per heavy atom. The molecule has 0 unspecified atom stereocenters. The van der Waals surface area contributed by atoms with E-state index in [0.717, 1.165) is 16.8 Å².